The fourth-order valence-corrected chi connectivity index (χ4v) is 1.95. The van der Waals surface area contributed by atoms with Crippen molar-refractivity contribution in [1.29, 1.82) is 0 Å². The lowest BCUT2D eigenvalue weighted by atomic mass is 10.1. The highest BCUT2D eigenvalue weighted by Crippen LogP contribution is 2.23. The molecule has 2 rings (SSSR count). The van der Waals surface area contributed by atoms with Crippen LogP contribution in [0.3, 0.4) is 0 Å². The van der Waals surface area contributed by atoms with Crippen LogP contribution in [0.25, 0.3) is 0 Å². The summed E-state index contributed by atoms with van der Waals surface area (Å²) in [6.07, 6.45) is 1.25. The summed E-state index contributed by atoms with van der Waals surface area (Å²) in [6.45, 7) is 0.563. The van der Waals surface area contributed by atoms with E-state index >= 15 is 0 Å². The van der Waals surface area contributed by atoms with Crippen molar-refractivity contribution < 1.29 is 14.7 Å². The van der Waals surface area contributed by atoms with E-state index in [1.165, 1.54) is 0 Å². The Labute approximate surface area is 105 Å². The van der Waals surface area contributed by atoms with Crippen molar-refractivity contribution in [3.05, 3.63) is 29.3 Å². The molecule has 0 fully saturated rings. The molecular weight excluding hydrogens is 232 g/mol. The molecule has 96 valence electrons. The summed E-state index contributed by atoms with van der Waals surface area (Å²) in [5.41, 5.74) is 2.68. The first kappa shape index (κ1) is 12.6. The minimum absolute atomic E-state index is 0.00505. The molecule has 18 heavy (non-hydrogen) atoms. The van der Waals surface area contributed by atoms with E-state index in [0.717, 1.165) is 16.8 Å². The van der Waals surface area contributed by atoms with Gasteiger partial charge in [-0.25, -0.2) is 0 Å². The Balaban J connectivity index is 1.92. The van der Waals surface area contributed by atoms with E-state index in [-0.39, 0.29) is 18.4 Å². The average molecular weight is 248 g/mol. The number of fused-ring (bicyclic) bond motifs is 1. The molecule has 0 spiro atoms. The number of anilines is 1. The Hall–Kier alpha value is -1.88. The van der Waals surface area contributed by atoms with Gasteiger partial charge >= 0.3 is 0 Å². The van der Waals surface area contributed by atoms with Crippen LogP contribution in [0.2, 0.25) is 0 Å². The van der Waals surface area contributed by atoms with Gasteiger partial charge in [0, 0.05) is 18.8 Å². The number of carbonyl (C=O) groups excluding carboxylic acids is 2. The zero-order chi connectivity index (χ0) is 13.0. The molecule has 0 unspecified atom stereocenters. The molecule has 5 nitrogen and oxygen atoms in total. The Kier molecular flexibility index (Phi) is 3.94. The Bertz CT molecular complexity index is 471. The minimum Gasteiger partial charge on any atom is -0.396 e. The predicted molar refractivity (Wildman–Crippen MR) is 67.2 cm³/mol. The monoisotopic (exact) mass is 248 g/mol. The number of amides is 2. The van der Waals surface area contributed by atoms with Crippen LogP contribution in [-0.2, 0) is 22.4 Å². The van der Waals surface area contributed by atoms with Gasteiger partial charge in [0.1, 0.15) is 0 Å². The molecule has 1 aliphatic rings. The van der Waals surface area contributed by atoms with Gasteiger partial charge in [-0.1, -0.05) is 12.1 Å². The van der Waals surface area contributed by atoms with E-state index in [4.69, 9.17) is 5.11 Å². The summed E-state index contributed by atoms with van der Waals surface area (Å²) in [4.78, 5) is 22.8. The highest BCUT2D eigenvalue weighted by atomic mass is 16.3. The summed E-state index contributed by atoms with van der Waals surface area (Å²) in [5.74, 6) is -0.0739. The molecule has 0 radical (unpaired) electrons. The van der Waals surface area contributed by atoms with Crippen molar-refractivity contribution in [2.45, 2.75) is 19.3 Å². The van der Waals surface area contributed by atoms with E-state index in [0.29, 0.717) is 25.8 Å². The van der Waals surface area contributed by atoms with Crippen LogP contribution < -0.4 is 10.6 Å². The van der Waals surface area contributed by atoms with Crippen LogP contribution in [0, 0.1) is 0 Å². The van der Waals surface area contributed by atoms with E-state index in [9.17, 15) is 9.59 Å². The first-order chi connectivity index (χ1) is 8.69. The fraction of sp³-hybridized carbons (Fsp3) is 0.385. The van der Waals surface area contributed by atoms with Gasteiger partial charge in [-0.3, -0.25) is 9.59 Å². The summed E-state index contributed by atoms with van der Waals surface area (Å²) < 4.78 is 0. The number of aliphatic hydroxyl groups is 1. The fourth-order valence-electron chi connectivity index (χ4n) is 1.95. The van der Waals surface area contributed by atoms with Gasteiger partial charge in [0.25, 0.3) is 0 Å². The minimum atomic E-state index is -0.0688. The van der Waals surface area contributed by atoms with Crippen LogP contribution in [0.4, 0.5) is 5.69 Å². The number of hydrogen-bond donors (Lipinski definition) is 3. The largest absolute Gasteiger partial charge is 0.396 e. The topological polar surface area (TPSA) is 78.4 Å². The molecule has 1 aliphatic heterocycles. The van der Waals surface area contributed by atoms with Crippen LogP contribution in [0.5, 0.6) is 0 Å². The van der Waals surface area contributed by atoms with Crippen molar-refractivity contribution in [3.8, 4) is 0 Å². The SMILES string of the molecule is O=C(Cc1ccc2c(c1)CC(=O)N2)NCCCO. The number of rotatable bonds is 5. The van der Waals surface area contributed by atoms with Crippen molar-refractivity contribution in [2.75, 3.05) is 18.5 Å². The molecule has 3 N–H and O–H groups in total. The van der Waals surface area contributed by atoms with Crippen molar-refractivity contribution in [2.24, 2.45) is 0 Å². The number of aliphatic hydroxyl groups excluding tert-OH is 1. The molecule has 0 saturated carbocycles. The molecule has 1 aromatic carbocycles. The second kappa shape index (κ2) is 5.64. The first-order valence-electron chi connectivity index (χ1n) is 5.98. The third kappa shape index (κ3) is 3.07. The van der Waals surface area contributed by atoms with Crippen molar-refractivity contribution >= 4 is 17.5 Å². The maximum Gasteiger partial charge on any atom is 0.228 e. The smallest absolute Gasteiger partial charge is 0.228 e. The first-order valence-corrected chi connectivity index (χ1v) is 5.98. The maximum atomic E-state index is 11.6. The summed E-state index contributed by atoms with van der Waals surface area (Å²) in [6, 6.07) is 5.56. The third-order valence-corrected chi connectivity index (χ3v) is 2.82. The molecule has 1 aromatic rings. The average Bonchev–Trinajstić information content (AvgIpc) is 2.69. The summed E-state index contributed by atoms with van der Waals surface area (Å²) in [7, 11) is 0. The quantitative estimate of drug-likeness (QED) is 0.652. The number of nitrogens with one attached hydrogen (secondary N) is 2. The van der Waals surface area contributed by atoms with Gasteiger partial charge in [0.15, 0.2) is 0 Å². The van der Waals surface area contributed by atoms with Crippen LogP contribution in [-0.4, -0.2) is 30.1 Å². The third-order valence-electron chi connectivity index (χ3n) is 2.82. The Morgan fingerprint density at radius 3 is 3.06 bits per heavy atom. The molecule has 2 amide bonds. The lowest BCUT2D eigenvalue weighted by Crippen LogP contribution is -2.26. The van der Waals surface area contributed by atoms with Crippen molar-refractivity contribution in [1.82, 2.24) is 5.32 Å². The molecule has 5 heteroatoms. The van der Waals surface area contributed by atoms with Gasteiger partial charge in [-0.15, -0.1) is 0 Å². The van der Waals surface area contributed by atoms with E-state index in [1.807, 2.05) is 18.2 Å². The molecule has 0 atom stereocenters. The highest BCUT2D eigenvalue weighted by Gasteiger charge is 2.17. The molecule has 0 aliphatic carbocycles. The zero-order valence-electron chi connectivity index (χ0n) is 10.0. The lowest BCUT2D eigenvalue weighted by molar-refractivity contribution is -0.120. The normalized spacial score (nSPS) is 13.1. The van der Waals surface area contributed by atoms with Gasteiger partial charge in [-0.2, -0.15) is 0 Å². The van der Waals surface area contributed by atoms with Gasteiger partial charge in [-0.05, 0) is 23.6 Å². The van der Waals surface area contributed by atoms with E-state index in [1.54, 1.807) is 0 Å². The predicted octanol–water partition coefficient (Wildman–Crippen LogP) is 0.222. The van der Waals surface area contributed by atoms with Crippen LogP contribution in [0.1, 0.15) is 17.5 Å². The van der Waals surface area contributed by atoms with Gasteiger partial charge in [0.05, 0.1) is 12.8 Å². The van der Waals surface area contributed by atoms with E-state index in [2.05, 4.69) is 10.6 Å². The Morgan fingerprint density at radius 2 is 2.28 bits per heavy atom. The summed E-state index contributed by atoms with van der Waals surface area (Å²) in [5, 5.41) is 14.1. The van der Waals surface area contributed by atoms with Gasteiger partial charge in [0.2, 0.25) is 11.8 Å². The van der Waals surface area contributed by atoms with Crippen LogP contribution in [0.15, 0.2) is 18.2 Å². The zero-order valence-corrected chi connectivity index (χ0v) is 10.0. The lowest BCUT2D eigenvalue weighted by Gasteiger charge is -2.05. The molecule has 0 bridgehead atoms. The van der Waals surface area contributed by atoms with Gasteiger partial charge < -0.3 is 15.7 Å². The summed E-state index contributed by atoms with van der Waals surface area (Å²) >= 11 is 0. The maximum absolute atomic E-state index is 11.6. The molecule has 0 saturated heterocycles. The number of carbonyl (C=O) groups is 2. The van der Waals surface area contributed by atoms with E-state index < -0.39 is 0 Å². The van der Waals surface area contributed by atoms with Crippen LogP contribution >= 0.6 is 0 Å². The molecule has 0 aromatic heterocycles. The number of hydrogen-bond acceptors (Lipinski definition) is 3. The second-order valence-corrected chi connectivity index (χ2v) is 4.32. The molecular formula is C13H16N2O3. The highest BCUT2D eigenvalue weighted by molar-refractivity contribution is 5.99. The Morgan fingerprint density at radius 1 is 1.44 bits per heavy atom. The second-order valence-electron chi connectivity index (χ2n) is 4.32. The molecule has 1 heterocycles. The number of benzene rings is 1. The standard InChI is InChI=1S/C13H16N2O3/c16-5-1-4-14-12(17)7-9-2-3-11-10(6-9)8-13(18)15-11/h2-3,6,16H,1,4-5,7-8H2,(H,14,17)(H,15,18). The van der Waals surface area contributed by atoms with Crippen molar-refractivity contribution in [3.63, 3.8) is 0 Å².